The molecule has 0 saturated carbocycles. The summed E-state index contributed by atoms with van der Waals surface area (Å²) in [5, 5.41) is 12.6. The van der Waals surface area contributed by atoms with E-state index in [0.29, 0.717) is 26.9 Å². The zero-order valence-electron chi connectivity index (χ0n) is 23.3. The van der Waals surface area contributed by atoms with Gasteiger partial charge in [-0.15, -0.1) is 0 Å². The highest BCUT2D eigenvalue weighted by molar-refractivity contribution is 7.99. The molecule has 10 heteroatoms. The SMILES string of the molecule is Cc1cc(C)cc(N2C(=O)C(=Cc3ccc(Sc4ccccn4)c([N+](=O)[O-])c3)C(=O)N(c3cc(C)cc(C)c3)C2=S)c1. The molecule has 0 radical (unpaired) electrons. The van der Waals surface area contributed by atoms with Crippen LogP contribution in [0, 0.1) is 37.8 Å². The largest absolute Gasteiger partial charge is 0.283 e. The number of aromatic nitrogens is 1. The maximum Gasteiger partial charge on any atom is 0.283 e. The van der Waals surface area contributed by atoms with Gasteiger partial charge in [-0.3, -0.25) is 29.5 Å². The maximum atomic E-state index is 14.0. The molecular weight excluding hydrogens is 569 g/mol. The van der Waals surface area contributed by atoms with Gasteiger partial charge in [-0.25, -0.2) is 4.98 Å². The van der Waals surface area contributed by atoms with Crippen LogP contribution in [0.25, 0.3) is 6.08 Å². The average Bonchev–Trinajstić information content (AvgIpc) is 2.91. The summed E-state index contributed by atoms with van der Waals surface area (Å²) in [5.74, 6) is -1.21. The number of nitro groups is 1. The molecule has 210 valence electrons. The number of carbonyl (C=O) groups excluding carboxylic acids is 2. The first-order valence-corrected chi connectivity index (χ1v) is 14.2. The Kier molecular flexibility index (Phi) is 8.02. The molecule has 42 heavy (non-hydrogen) atoms. The summed E-state index contributed by atoms with van der Waals surface area (Å²) in [5.41, 5.74) is 4.78. The van der Waals surface area contributed by atoms with Crippen molar-refractivity contribution >= 4 is 64.0 Å². The molecule has 2 heterocycles. The van der Waals surface area contributed by atoms with Gasteiger partial charge in [0.25, 0.3) is 17.5 Å². The summed E-state index contributed by atoms with van der Waals surface area (Å²) >= 11 is 6.94. The number of pyridine rings is 1. The highest BCUT2D eigenvalue weighted by Crippen LogP contribution is 2.36. The van der Waals surface area contributed by atoms with Crippen molar-refractivity contribution in [2.24, 2.45) is 0 Å². The summed E-state index contributed by atoms with van der Waals surface area (Å²) in [4.78, 5) is 46.8. The fraction of sp³-hybridized carbons (Fsp3) is 0.125. The Morgan fingerprint density at radius 2 is 1.36 bits per heavy atom. The van der Waals surface area contributed by atoms with Crippen molar-refractivity contribution in [3.8, 4) is 0 Å². The maximum absolute atomic E-state index is 14.0. The van der Waals surface area contributed by atoms with E-state index in [1.807, 2.05) is 64.1 Å². The van der Waals surface area contributed by atoms with Crippen molar-refractivity contribution in [2.45, 2.75) is 37.6 Å². The number of rotatable bonds is 6. The lowest BCUT2D eigenvalue weighted by molar-refractivity contribution is -0.387. The molecule has 1 aliphatic heterocycles. The fourth-order valence-corrected chi connectivity index (χ4v) is 6.12. The predicted molar refractivity (Wildman–Crippen MR) is 169 cm³/mol. The number of carbonyl (C=O) groups is 2. The minimum absolute atomic E-state index is 0.0326. The van der Waals surface area contributed by atoms with Gasteiger partial charge >= 0.3 is 0 Å². The first-order valence-electron chi connectivity index (χ1n) is 13.0. The molecule has 0 unspecified atom stereocenters. The molecule has 4 aromatic rings. The predicted octanol–water partition coefficient (Wildman–Crippen LogP) is 7.12. The monoisotopic (exact) mass is 594 g/mol. The highest BCUT2D eigenvalue weighted by atomic mass is 32.2. The molecule has 0 aliphatic carbocycles. The Hall–Kier alpha value is -4.67. The standard InChI is InChI=1S/C32H26N4O4S2/c1-19-11-20(2)14-24(13-19)34-30(37)26(31(38)35(32(34)41)25-15-21(3)12-22(4)16-25)17-23-8-9-28(27(18-23)36(39)40)42-29-7-5-6-10-33-29/h5-18H,1-4H3. The number of hydrogen-bond acceptors (Lipinski definition) is 7. The first kappa shape index (κ1) is 28.8. The summed E-state index contributed by atoms with van der Waals surface area (Å²) in [6.07, 6.45) is 3.00. The number of thiocarbonyl (C=S) groups is 1. The van der Waals surface area contributed by atoms with Gasteiger partial charge < -0.3 is 0 Å². The van der Waals surface area contributed by atoms with Crippen LogP contribution in [0.1, 0.15) is 27.8 Å². The smallest absolute Gasteiger partial charge is 0.268 e. The summed E-state index contributed by atoms with van der Waals surface area (Å²) < 4.78 is 0. The Morgan fingerprint density at radius 3 is 1.83 bits per heavy atom. The minimum atomic E-state index is -0.606. The van der Waals surface area contributed by atoms with E-state index in [2.05, 4.69) is 4.98 Å². The van der Waals surface area contributed by atoms with Gasteiger partial charge in [0, 0.05) is 12.3 Å². The van der Waals surface area contributed by atoms with Crippen LogP contribution in [0.4, 0.5) is 17.1 Å². The minimum Gasteiger partial charge on any atom is -0.268 e. The molecule has 3 aromatic carbocycles. The van der Waals surface area contributed by atoms with E-state index in [1.165, 1.54) is 21.9 Å². The lowest BCUT2D eigenvalue weighted by Crippen LogP contribution is -2.57. The number of benzene rings is 3. The highest BCUT2D eigenvalue weighted by Gasteiger charge is 2.41. The lowest BCUT2D eigenvalue weighted by Gasteiger charge is -2.37. The van der Waals surface area contributed by atoms with Crippen molar-refractivity contribution in [3.63, 3.8) is 0 Å². The van der Waals surface area contributed by atoms with Crippen LogP contribution in [-0.4, -0.2) is 26.8 Å². The number of nitrogens with zero attached hydrogens (tertiary/aromatic N) is 4. The molecule has 0 spiro atoms. The molecule has 1 aromatic heterocycles. The van der Waals surface area contributed by atoms with Gasteiger partial charge in [0.05, 0.1) is 21.2 Å². The van der Waals surface area contributed by atoms with Gasteiger partial charge in [-0.2, -0.15) is 0 Å². The average molecular weight is 595 g/mol. The van der Waals surface area contributed by atoms with Gasteiger partial charge in [0.15, 0.2) is 5.11 Å². The number of amides is 2. The van der Waals surface area contributed by atoms with Crippen molar-refractivity contribution in [1.82, 2.24) is 4.98 Å². The molecule has 0 N–H and O–H groups in total. The van der Waals surface area contributed by atoms with Gasteiger partial charge in [0.1, 0.15) is 10.6 Å². The van der Waals surface area contributed by atoms with Gasteiger partial charge in [0.2, 0.25) is 0 Å². The third kappa shape index (κ3) is 5.86. The second-order valence-electron chi connectivity index (χ2n) is 10.1. The zero-order chi connectivity index (χ0) is 30.1. The number of anilines is 2. The van der Waals surface area contributed by atoms with E-state index >= 15 is 0 Å². The molecule has 2 amide bonds. The Morgan fingerprint density at radius 1 is 0.810 bits per heavy atom. The van der Waals surface area contributed by atoms with E-state index in [1.54, 1.807) is 36.5 Å². The molecule has 0 bridgehead atoms. The fourth-order valence-electron chi connectivity index (χ4n) is 4.88. The second-order valence-corrected chi connectivity index (χ2v) is 11.5. The van der Waals surface area contributed by atoms with Crippen molar-refractivity contribution in [3.05, 3.63) is 122 Å². The van der Waals surface area contributed by atoms with Crippen LogP contribution in [0.3, 0.4) is 0 Å². The van der Waals surface area contributed by atoms with E-state index in [-0.39, 0.29) is 16.4 Å². The Balaban J connectivity index is 1.64. The quantitative estimate of drug-likeness (QED) is 0.0771. The van der Waals surface area contributed by atoms with Crippen LogP contribution in [0.5, 0.6) is 0 Å². The third-order valence-corrected chi connectivity index (χ3v) is 7.90. The second kappa shape index (κ2) is 11.7. The van der Waals surface area contributed by atoms with Crippen LogP contribution >= 0.6 is 24.0 Å². The van der Waals surface area contributed by atoms with Crippen LogP contribution in [0.15, 0.2) is 94.5 Å². The molecule has 1 fully saturated rings. The van der Waals surface area contributed by atoms with E-state index in [0.717, 1.165) is 34.0 Å². The van der Waals surface area contributed by atoms with E-state index < -0.39 is 16.7 Å². The Bertz CT molecular complexity index is 1690. The zero-order valence-corrected chi connectivity index (χ0v) is 25.0. The topological polar surface area (TPSA) is 96.6 Å². The van der Waals surface area contributed by atoms with Crippen molar-refractivity contribution in [2.75, 3.05) is 9.80 Å². The van der Waals surface area contributed by atoms with Crippen LogP contribution in [0.2, 0.25) is 0 Å². The molecule has 1 aliphatic rings. The third-order valence-electron chi connectivity index (χ3n) is 6.52. The van der Waals surface area contributed by atoms with Gasteiger partial charge in [-0.1, -0.05) is 36.0 Å². The van der Waals surface area contributed by atoms with Crippen LogP contribution in [-0.2, 0) is 9.59 Å². The number of nitro benzene ring substituents is 1. The molecule has 8 nitrogen and oxygen atoms in total. The Labute approximate surface area is 252 Å². The molecule has 0 atom stereocenters. The number of aryl methyl sites for hydroxylation is 4. The molecule has 1 saturated heterocycles. The lowest BCUT2D eigenvalue weighted by atomic mass is 10.0. The summed E-state index contributed by atoms with van der Waals surface area (Å²) in [6.45, 7) is 7.67. The molecular formula is C32H26N4O4S2. The van der Waals surface area contributed by atoms with E-state index in [4.69, 9.17) is 12.2 Å². The summed E-state index contributed by atoms with van der Waals surface area (Å²) in [6, 6.07) is 21.2. The summed E-state index contributed by atoms with van der Waals surface area (Å²) in [7, 11) is 0. The normalized spacial score (nSPS) is 13.5. The van der Waals surface area contributed by atoms with Gasteiger partial charge in [-0.05, 0) is 116 Å². The van der Waals surface area contributed by atoms with Crippen molar-refractivity contribution < 1.29 is 14.5 Å². The molecule has 5 rings (SSSR count). The number of hydrogen-bond donors (Lipinski definition) is 0. The van der Waals surface area contributed by atoms with E-state index in [9.17, 15) is 19.7 Å². The first-order chi connectivity index (χ1) is 20.0. The van der Waals surface area contributed by atoms with Crippen molar-refractivity contribution in [1.29, 1.82) is 0 Å². The van der Waals surface area contributed by atoms with Crippen LogP contribution < -0.4 is 9.80 Å².